The molecule has 0 aliphatic heterocycles. The molecular weight excluding hydrogens is 290 g/mol. The average molecular weight is 297 g/mol. The smallest absolute Gasteiger partial charge is 0.229 e. The first-order valence-electron chi connectivity index (χ1n) is 5.35. The second-order valence-electron chi connectivity index (χ2n) is 3.99. The van der Waals surface area contributed by atoms with Crippen LogP contribution >= 0.6 is 23.2 Å². The van der Waals surface area contributed by atoms with Gasteiger partial charge in [-0.25, -0.2) is 9.37 Å². The van der Waals surface area contributed by atoms with Gasteiger partial charge in [0, 0.05) is 16.8 Å². The van der Waals surface area contributed by atoms with Gasteiger partial charge in [0.15, 0.2) is 5.58 Å². The Bertz CT molecular complexity index is 786. The third-order valence-electron chi connectivity index (χ3n) is 2.65. The summed E-state index contributed by atoms with van der Waals surface area (Å²) in [7, 11) is 0. The summed E-state index contributed by atoms with van der Waals surface area (Å²) >= 11 is 11.7. The summed E-state index contributed by atoms with van der Waals surface area (Å²) in [5.74, 6) is -0.196. The molecule has 0 unspecified atom stereocenters. The van der Waals surface area contributed by atoms with Crippen LogP contribution in [0.2, 0.25) is 10.0 Å². The minimum atomic E-state index is -0.471. The summed E-state index contributed by atoms with van der Waals surface area (Å²) in [6, 6.07) is 7.37. The maximum Gasteiger partial charge on any atom is 0.229 e. The predicted octanol–water partition coefficient (Wildman–Crippen LogP) is 4.52. The molecule has 2 aromatic carbocycles. The Labute approximate surface area is 117 Å². The number of hydrogen-bond donors (Lipinski definition) is 1. The van der Waals surface area contributed by atoms with Crippen molar-refractivity contribution in [2.45, 2.75) is 0 Å². The normalized spacial score (nSPS) is 11.1. The Kier molecular flexibility index (Phi) is 2.84. The van der Waals surface area contributed by atoms with Crippen molar-refractivity contribution in [1.82, 2.24) is 4.98 Å². The Balaban J connectivity index is 2.23. The molecule has 0 bridgehead atoms. The lowest BCUT2D eigenvalue weighted by Gasteiger charge is -2.00. The van der Waals surface area contributed by atoms with E-state index >= 15 is 0 Å². The number of nitrogens with zero attached hydrogens (tertiary/aromatic N) is 1. The van der Waals surface area contributed by atoms with Gasteiger partial charge in [0.2, 0.25) is 5.89 Å². The molecule has 3 aromatic rings. The lowest BCUT2D eigenvalue weighted by Crippen LogP contribution is -1.89. The van der Waals surface area contributed by atoms with Crippen molar-refractivity contribution in [1.29, 1.82) is 0 Å². The molecule has 3 nitrogen and oxygen atoms in total. The third-order valence-corrected chi connectivity index (χ3v) is 3.17. The first-order chi connectivity index (χ1) is 9.04. The fraction of sp³-hybridized carbons (Fsp3) is 0. The molecule has 0 radical (unpaired) electrons. The van der Waals surface area contributed by atoms with Gasteiger partial charge in [-0.1, -0.05) is 23.2 Å². The van der Waals surface area contributed by atoms with Crippen molar-refractivity contribution in [2.75, 3.05) is 5.73 Å². The van der Waals surface area contributed by atoms with E-state index in [1.807, 2.05) is 0 Å². The molecule has 0 saturated carbocycles. The highest BCUT2D eigenvalue weighted by atomic mass is 35.5. The molecule has 96 valence electrons. The second-order valence-corrected chi connectivity index (χ2v) is 4.83. The lowest BCUT2D eigenvalue weighted by molar-refractivity contribution is 0.614. The van der Waals surface area contributed by atoms with Crippen LogP contribution in [0.1, 0.15) is 0 Å². The zero-order valence-electron chi connectivity index (χ0n) is 9.45. The molecule has 1 heterocycles. The molecule has 6 heteroatoms. The number of benzene rings is 2. The Morgan fingerprint density at radius 2 is 1.95 bits per heavy atom. The quantitative estimate of drug-likeness (QED) is 0.672. The molecule has 0 aliphatic rings. The molecule has 19 heavy (non-hydrogen) atoms. The van der Waals surface area contributed by atoms with Crippen LogP contribution in [0, 0.1) is 5.82 Å². The molecule has 0 amide bonds. The van der Waals surface area contributed by atoms with E-state index in [9.17, 15) is 4.39 Å². The molecule has 3 rings (SSSR count). The zero-order chi connectivity index (χ0) is 13.6. The standard InChI is InChI=1S/C13H7Cl2FN2O/c14-6-1-2-8(10(17)3-6)13-18-11-5-7(16)4-9(15)12(11)19-13/h1-5H,17H2. The molecular formula is C13H7Cl2FN2O. The number of aromatic nitrogens is 1. The third kappa shape index (κ3) is 2.13. The summed E-state index contributed by atoms with van der Waals surface area (Å²) < 4.78 is 18.8. The fourth-order valence-corrected chi connectivity index (χ4v) is 2.22. The molecule has 0 fully saturated rings. The number of nitrogens with two attached hydrogens (primary N) is 1. The lowest BCUT2D eigenvalue weighted by atomic mass is 10.2. The molecule has 0 aliphatic carbocycles. The van der Waals surface area contributed by atoms with E-state index in [4.69, 9.17) is 33.4 Å². The molecule has 0 atom stereocenters. The Hall–Kier alpha value is -1.78. The highest BCUT2D eigenvalue weighted by molar-refractivity contribution is 6.34. The minimum Gasteiger partial charge on any atom is -0.434 e. The van der Waals surface area contributed by atoms with Crippen molar-refractivity contribution >= 4 is 40.0 Å². The number of hydrogen-bond acceptors (Lipinski definition) is 3. The molecule has 0 saturated heterocycles. The largest absolute Gasteiger partial charge is 0.434 e. The van der Waals surface area contributed by atoms with Crippen LogP contribution in [-0.4, -0.2) is 4.98 Å². The van der Waals surface area contributed by atoms with E-state index in [2.05, 4.69) is 4.98 Å². The van der Waals surface area contributed by atoms with Gasteiger partial charge >= 0.3 is 0 Å². The van der Waals surface area contributed by atoms with E-state index in [-0.39, 0.29) is 10.9 Å². The SMILES string of the molecule is Nc1cc(Cl)ccc1-c1nc2cc(F)cc(Cl)c2o1. The first-order valence-corrected chi connectivity index (χ1v) is 6.11. The maximum absolute atomic E-state index is 13.2. The second kappa shape index (κ2) is 4.40. The van der Waals surface area contributed by atoms with Crippen LogP contribution in [0.4, 0.5) is 10.1 Å². The van der Waals surface area contributed by atoms with Crippen molar-refractivity contribution in [3.05, 3.63) is 46.2 Å². The summed E-state index contributed by atoms with van der Waals surface area (Å²) in [6.45, 7) is 0. The molecule has 1 aromatic heterocycles. The van der Waals surface area contributed by atoms with Crippen LogP contribution in [-0.2, 0) is 0 Å². The molecule has 2 N–H and O–H groups in total. The topological polar surface area (TPSA) is 52.0 Å². The predicted molar refractivity (Wildman–Crippen MR) is 73.8 cm³/mol. The van der Waals surface area contributed by atoms with Crippen LogP contribution in [0.5, 0.6) is 0 Å². The van der Waals surface area contributed by atoms with Crippen molar-refractivity contribution < 1.29 is 8.81 Å². The summed E-state index contributed by atoms with van der Waals surface area (Å²) in [6.07, 6.45) is 0. The van der Waals surface area contributed by atoms with Gasteiger partial charge in [-0.2, -0.15) is 0 Å². The maximum atomic E-state index is 13.2. The van der Waals surface area contributed by atoms with E-state index in [1.165, 1.54) is 12.1 Å². The molecule has 0 spiro atoms. The van der Waals surface area contributed by atoms with Crippen molar-refractivity contribution in [2.24, 2.45) is 0 Å². The number of nitrogen functional groups attached to an aromatic ring is 1. The Morgan fingerprint density at radius 1 is 1.16 bits per heavy atom. The van der Waals surface area contributed by atoms with Gasteiger partial charge < -0.3 is 10.2 Å². The van der Waals surface area contributed by atoms with Crippen LogP contribution in [0.3, 0.4) is 0 Å². The van der Waals surface area contributed by atoms with Crippen molar-refractivity contribution in [3.63, 3.8) is 0 Å². The van der Waals surface area contributed by atoms with Gasteiger partial charge in [-0.3, -0.25) is 0 Å². The first kappa shape index (κ1) is 12.3. The summed E-state index contributed by atoms with van der Waals surface area (Å²) in [5.41, 5.74) is 7.53. The number of rotatable bonds is 1. The number of anilines is 1. The number of oxazole rings is 1. The zero-order valence-corrected chi connectivity index (χ0v) is 11.0. The van der Waals surface area contributed by atoms with Gasteiger partial charge in [-0.05, 0) is 24.3 Å². The van der Waals surface area contributed by atoms with Crippen LogP contribution < -0.4 is 5.73 Å². The van der Waals surface area contributed by atoms with Gasteiger partial charge in [0.05, 0.1) is 10.6 Å². The van der Waals surface area contributed by atoms with E-state index in [1.54, 1.807) is 18.2 Å². The highest BCUT2D eigenvalue weighted by Gasteiger charge is 2.14. The monoisotopic (exact) mass is 296 g/mol. The highest BCUT2D eigenvalue weighted by Crippen LogP contribution is 2.33. The van der Waals surface area contributed by atoms with E-state index in [0.717, 1.165) is 0 Å². The van der Waals surface area contributed by atoms with Crippen LogP contribution in [0.25, 0.3) is 22.6 Å². The van der Waals surface area contributed by atoms with Crippen LogP contribution in [0.15, 0.2) is 34.7 Å². The number of fused-ring (bicyclic) bond motifs is 1. The van der Waals surface area contributed by atoms with E-state index in [0.29, 0.717) is 27.4 Å². The fourth-order valence-electron chi connectivity index (χ4n) is 1.80. The van der Waals surface area contributed by atoms with E-state index < -0.39 is 5.82 Å². The summed E-state index contributed by atoms with van der Waals surface area (Å²) in [4.78, 5) is 4.18. The van der Waals surface area contributed by atoms with Gasteiger partial charge in [0.1, 0.15) is 11.3 Å². The number of halogens is 3. The van der Waals surface area contributed by atoms with Gasteiger partial charge in [-0.15, -0.1) is 0 Å². The average Bonchev–Trinajstić information content (AvgIpc) is 2.72. The van der Waals surface area contributed by atoms with Crippen molar-refractivity contribution in [3.8, 4) is 11.5 Å². The summed E-state index contributed by atoms with van der Waals surface area (Å²) in [5, 5.41) is 0.683. The van der Waals surface area contributed by atoms with Gasteiger partial charge in [0.25, 0.3) is 0 Å². The minimum absolute atomic E-state index is 0.168. The Morgan fingerprint density at radius 3 is 2.68 bits per heavy atom.